The number of nitrogens with zero attached hydrogens (tertiary/aromatic N) is 1. The number of hydrogen-bond acceptors (Lipinski definition) is 2. The first-order chi connectivity index (χ1) is 5.92. The second kappa shape index (κ2) is 3.77. The fourth-order valence-corrected chi connectivity index (χ4v) is 1.59. The average Bonchev–Trinajstić information content (AvgIpc) is 2.29. The first-order valence-corrected chi connectivity index (χ1v) is 4.51. The Bertz CT molecular complexity index is 206. The lowest BCUT2D eigenvalue weighted by atomic mass is 10.1. The van der Waals surface area contributed by atoms with Crippen molar-refractivity contribution in [2.75, 3.05) is 18.8 Å². The summed E-state index contributed by atoms with van der Waals surface area (Å²) in [7, 11) is 0. The molecule has 0 radical (unpaired) electrons. The van der Waals surface area contributed by atoms with E-state index in [0.717, 1.165) is 4.90 Å². The molecule has 1 rings (SSSR count). The quantitative estimate of drug-likeness (QED) is 0.686. The lowest BCUT2D eigenvalue weighted by molar-refractivity contribution is -0.157. The molecule has 1 amide bonds. The average molecular weight is 213 g/mol. The highest BCUT2D eigenvalue weighted by molar-refractivity contribution is 7.80. The fraction of sp³-hybridized carbons (Fsp3) is 0.857. The van der Waals surface area contributed by atoms with Crippen LogP contribution in [0.2, 0.25) is 0 Å². The van der Waals surface area contributed by atoms with Crippen molar-refractivity contribution in [3.8, 4) is 0 Å². The Morgan fingerprint density at radius 2 is 2.15 bits per heavy atom. The third kappa shape index (κ3) is 3.10. The Kier molecular flexibility index (Phi) is 3.10. The number of carbonyl (C=O) groups excluding carboxylic acids is 1. The van der Waals surface area contributed by atoms with Gasteiger partial charge in [0.2, 0.25) is 5.91 Å². The number of halogens is 3. The van der Waals surface area contributed by atoms with Crippen molar-refractivity contribution in [2.45, 2.75) is 12.6 Å². The van der Waals surface area contributed by atoms with E-state index in [4.69, 9.17) is 0 Å². The van der Waals surface area contributed by atoms with Crippen LogP contribution in [0, 0.1) is 5.92 Å². The lowest BCUT2D eigenvalue weighted by Crippen LogP contribution is -2.35. The van der Waals surface area contributed by atoms with Crippen LogP contribution in [-0.4, -0.2) is 35.8 Å². The molecule has 0 saturated carbocycles. The zero-order chi connectivity index (χ0) is 10.1. The maximum atomic E-state index is 11.9. The summed E-state index contributed by atoms with van der Waals surface area (Å²) in [5.41, 5.74) is 0. The highest BCUT2D eigenvalue weighted by Gasteiger charge is 2.37. The van der Waals surface area contributed by atoms with Gasteiger partial charge in [-0.3, -0.25) is 4.79 Å². The van der Waals surface area contributed by atoms with Gasteiger partial charge in [-0.2, -0.15) is 25.8 Å². The van der Waals surface area contributed by atoms with Crippen molar-refractivity contribution in [1.29, 1.82) is 0 Å². The van der Waals surface area contributed by atoms with Gasteiger partial charge in [-0.05, 0) is 11.7 Å². The van der Waals surface area contributed by atoms with Gasteiger partial charge in [-0.1, -0.05) is 0 Å². The van der Waals surface area contributed by atoms with Crippen LogP contribution < -0.4 is 0 Å². The van der Waals surface area contributed by atoms with Crippen molar-refractivity contribution in [1.82, 2.24) is 4.90 Å². The molecule has 0 N–H and O–H groups in total. The highest BCUT2D eigenvalue weighted by atomic mass is 32.1. The van der Waals surface area contributed by atoms with Gasteiger partial charge in [-0.25, -0.2) is 0 Å². The summed E-state index contributed by atoms with van der Waals surface area (Å²) in [4.78, 5) is 11.9. The summed E-state index contributed by atoms with van der Waals surface area (Å²) in [6.07, 6.45) is -4.10. The maximum absolute atomic E-state index is 11.9. The minimum absolute atomic E-state index is 0.0295. The molecule has 1 unspecified atom stereocenters. The summed E-state index contributed by atoms with van der Waals surface area (Å²) < 4.78 is 35.7. The molecule has 0 aromatic heterocycles. The third-order valence-corrected chi connectivity index (χ3v) is 2.44. The van der Waals surface area contributed by atoms with Gasteiger partial charge in [0.05, 0.1) is 0 Å². The van der Waals surface area contributed by atoms with Crippen LogP contribution in [-0.2, 0) is 4.79 Å². The molecule has 1 fully saturated rings. The molecule has 2 nitrogen and oxygen atoms in total. The zero-order valence-corrected chi connectivity index (χ0v) is 7.74. The Hall–Kier alpha value is -0.390. The molecule has 76 valence electrons. The van der Waals surface area contributed by atoms with E-state index in [1.54, 1.807) is 0 Å². The molecule has 1 aliphatic heterocycles. The van der Waals surface area contributed by atoms with Gasteiger partial charge in [0.1, 0.15) is 6.54 Å². The van der Waals surface area contributed by atoms with Crippen molar-refractivity contribution >= 4 is 18.5 Å². The van der Waals surface area contributed by atoms with Gasteiger partial charge < -0.3 is 4.90 Å². The Balaban J connectivity index is 2.49. The lowest BCUT2D eigenvalue weighted by Gasteiger charge is -2.17. The summed E-state index contributed by atoms with van der Waals surface area (Å²) in [6.45, 7) is -0.946. The maximum Gasteiger partial charge on any atom is 0.406 e. The van der Waals surface area contributed by atoms with Crippen LogP contribution in [0.1, 0.15) is 6.42 Å². The van der Waals surface area contributed by atoms with E-state index in [1.807, 2.05) is 0 Å². The Morgan fingerprint density at radius 3 is 2.54 bits per heavy atom. The second-order valence-electron chi connectivity index (χ2n) is 3.14. The largest absolute Gasteiger partial charge is 0.406 e. The van der Waals surface area contributed by atoms with Gasteiger partial charge >= 0.3 is 6.18 Å². The van der Waals surface area contributed by atoms with E-state index in [2.05, 4.69) is 12.6 Å². The van der Waals surface area contributed by atoms with E-state index in [1.165, 1.54) is 0 Å². The Morgan fingerprint density at radius 1 is 1.54 bits per heavy atom. The van der Waals surface area contributed by atoms with Crippen LogP contribution >= 0.6 is 12.6 Å². The Labute approximate surface area is 79.5 Å². The van der Waals surface area contributed by atoms with Gasteiger partial charge in [-0.15, -0.1) is 0 Å². The first kappa shape index (κ1) is 10.7. The van der Waals surface area contributed by atoms with E-state index in [9.17, 15) is 18.0 Å². The molecule has 0 aromatic rings. The monoisotopic (exact) mass is 213 g/mol. The zero-order valence-electron chi connectivity index (χ0n) is 6.84. The predicted octanol–water partition coefficient (Wildman–Crippen LogP) is 1.33. The van der Waals surface area contributed by atoms with Crippen molar-refractivity contribution in [2.24, 2.45) is 5.92 Å². The number of carbonyl (C=O) groups is 1. The van der Waals surface area contributed by atoms with Crippen LogP contribution in [0.15, 0.2) is 0 Å². The molecular formula is C7H10F3NOS. The summed E-state index contributed by atoms with van der Waals surface area (Å²) in [5.74, 6) is 0.00895. The number of rotatable bonds is 2. The van der Waals surface area contributed by atoms with E-state index < -0.39 is 18.6 Å². The molecule has 1 atom stereocenters. The molecule has 0 aliphatic carbocycles. The summed E-state index contributed by atoms with van der Waals surface area (Å²) in [5, 5.41) is 0. The first-order valence-electron chi connectivity index (χ1n) is 3.88. The van der Waals surface area contributed by atoms with E-state index >= 15 is 0 Å². The second-order valence-corrected chi connectivity index (χ2v) is 3.51. The van der Waals surface area contributed by atoms with Gasteiger partial charge in [0.15, 0.2) is 0 Å². The van der Waals surface area contributed by atoms with Crippen LogP contribution in [0.5, 0.6) is 0 Å². The van der Waals surface area contributed by atoms with E-state index in [-0.39, 0.29) is 18.9 Å². The predicted molar refractivity (Wildman–Crippen MR) is 44.6 cm³/mol. The molecule has 1 saturated heterocycles. The van der Waals surface area contributed by atoms with Gasteiger partial charge in [0, 0.05) is 13.0 Å². The minimum atomic E-state index is -4.29. The topological polar surface area (TPSA) is 20.3 Å². The van der Waals surface area contributed by atoms with Crippen molar-refractivity contribution < 1.29 is 18.0 Å². The molecule has 0 spiro atoms. The minimum Gasteiger partial charge on any atom is -0.333 e. The number of amides is 1. The van der Waals surface area contributed by atoms with Crippen molar-refractivity contribution in [3.63, 3.8) is 0 Å². The summed E-state index contributed by atoms with van der Waals surface area (Å²) >= 11 is 3.95. The fourth-order valence-electron chi connectivity index (χ4n) is 1.35. The molecule has 0 bridgehead atoms. The third-order valence-electron chi connectivity index (χ3n) is 1.92. The molecule has 0 aromatic carbocycles. The summed E-state index contributed by atoms with van der Waals surface area (Å²) in [6, 6.07) is 0. The molecule has 1 aliphatic rings. The van der Waals surface area contributed by atoms with Crippen LogP contribution in [0.3, 0.4) is 0 Å². The molecule has 1 heterocycles. The normalized spacial score (nSPS) is 24.2. The van der Waals surface area contributed by atoms with Crippen molar-refractivity contribution in [3.05, 3.63) is 0 Å². The molecule has 13 heavy (non-hydrogen) atoms. The molecule has 6 heteroatoms. The number of hydrogen-bond donors (Lipinski definition) is 1. The smallest absolute Gasteiger partial charge is 0.333 e. The van der Waals surface area contributed by atoms with Gasteiger partial charge in [0.25, 0.3) is 0 Å². The highest BCUT2D eigenvalue weighted by Crippen LogP contribution is 2.24. The number of thiol groups is 1. The van der Waals surface area contributed by atoms with Crippen LogP contribution in [0.25, 0.3) is 0 Å². The SMILES string of the molecule is O=C1CC(CS)CN1CC(F)(F)F. The van der Waals surface area contributed by atoms with E-state index in [0.29, 0.717) is 5.75 Å². The number of likely N-dealkylation sites (tertiary alicyclic amines) is 1. The standard InChI is InChI=1S/C7H10F3NOS/c8-7(9,10)4-11-2-5(3-13)1-6(11)12/h5,13H,1-4H2. The number of alkyl halides is 3. The van der Waals surface area contributed by atoms with Crippen LogP contribution in [0.4, 0.5) is 13.2 Å². The molecular weight excluding hydrogens is 203 g/mol.